The van der Waals surface area contributed by atoms with Gasteiger partial charge >= 0.3 is 0 Å². The van der Waals surface area contributed by atoms with E-state index in [9.17, 15) is 0 Å². The summed E-state index contributed by atoms with van der Waals surface area (Å²) in [6.07, 6.45) is 3.68. The van der Waals surface area contributed by atoms with Crippen LogP contribution in [0.1, 0.15) is 0 Å². The van der Waals surface area contributed by atoms with Gasteiger partial charge in [0, 0.05) is 24.2 Å². The van der Waals surface area contributed by atoms with Gasteiger partial charge in [0.2, 0.25) is 0 Å². The summed E-state index contributed by atoms with van der Waals surface area (Å²) in [6.45, 7) is 0. The summed E-state index contributed by atoms with van der Waals surface area (Å²) < 4.78 is 1.74. The van der Waals surface area contributed by atoms with E-state index in [0.29, 0.717) is 5.15 Å². The fourth-order valence-electron chi connectivity index (χ4n) is 0.918. The molecule has 0 saturated carbocycles. The largest absolute Gasteiger partial charge is 0.275 e. The summed E-state index contributed by atoms with van der Waals surface area (Å²) in [5.74, 6) is 0. The van der Waals surface area contributed by atoms with Crippen molar-refractivity contribution in [2.45, 2.75) is 0 Å². The highest BCUT2D eigenvalue weighted by molar-refractivity contribution is 7.13. The zero-order valence-corrected chi connectivity index (χ0v) is 7.93. The first-order valence-electron chi connectivity index (χ1n) is 3.36. The van der Waals surface area contributed by atoms with Gasteiger partial charge in [-0.15, -0.1) is 11.3 Å². The van der Waals surface area contributed by atoms with E-state index < -0.39 is 0 Å². The standard InChI is InChI=1S/C7H6ClN3S/c1-11-3-5(2-9-11)7-10-6(8)4-12-7/h2-4H,1H3. The molecule has 0 aliphatic rings. The minimum atomic E-state index is 0.541. The van der Waals surface area contributed by atoms with E-state index in [4.69, 9.17) is 11.6 Å². The monoisotopic (exact) mass is 199 g/mol. The molecule has 0 fully saturated rings. The van der Waals surface area contributed by atoms with E-state index in [2.05, 4.69) is 10.1 Å². The van der Waals surface area contributed by atoms with Crippen LogP contribution in [-0.2, 0) is 7.05 Å². The molecule has 0 amide bonds. The number of nitrogens with zero attached hydrogens (tertiary/aromatic N) is 3. The highest BCUT2D eigenvalue weighted by atomic mass is 35.5. The molecule has 0 aliphatic heterocycles. The zero-order valence-electron chi connectivity index (χ0n) is 6.36. The summed E-state index contributed by atoms with van der Waals surface area (Å²) in [6, 6.07) is 0. The van der Waals surface area contributed by atoms with E-state index in [-0.39, 0.29) is 0 Å². The van der Waals surface area contributed by atoms with E-state index in [1.165, 1.54) is 11.3 Å². The molecule has 2 heterocycles. The summed E-state index contributed by atoms with van der Waals surface area (Å²) in [7, 11) is 1.87. The van der Waals surface area contributed by atoms with Crippen LogP contribution < -0.4 is 0 Å². The van der Waals surface area contributed by atoms with Gasteiger partial charge in [-0.3, -0.25) is 4.68 Å². The Balaban J connectivity index is 2.43. The topological polar surface area (TPSA) is 30.7 Å². The molecule has 0 N–H and O–H groups in total. The van der Waals surface area contributed by atoms with Crippen molar-refractivity contribution in [3.8, 4) is 10.6 Å². The van der Waals surface area contributed by atoms with Crippen molar-refractivity contribution in [3.05, 3.63) is 22.9 Å². The molecule has 0 radical (unpaired) electrons. The minimum absolute atomic E-state index is 0.541. The van der Waals surface area contributed by atoms with Gasteiger partial charge in [0.25, 0.3) is 0 Å². The third-order valence-electron chi connectivity index (χ3n) is 1.43. The molecule has 5 heteroatoms. The molecule has 0 atom stereocenters. The first kappa shape index (κ1) is 7.76. The Hall–Kier alpha value is -0.870. The average molecular weight is 200 g/mol. The second-order valence-corrected chi connectivity index (χ2v) is 3.62. The number of aromatic nitrogens is 3. The van der Waals surface area contributed by atoms with Crippen LogP contribution in [0.3, 0.4) is 0 Å². The van der Waals surface area contributed by atoms with Crippen molar-refractivity contribution in [1.29, 1.82) is 0 Å². The fraction of sp³-hybridized carbons (Fsp3) is 0.143. The summed E-state index contributed by atoms with van der Waals surface area (Å²) in [5.41, 5.74) is 1.01. The predicted molar refractivity (Wildman–Crippen MR) is 49.3 cm³/mol. The maximum atomic E-state index is 5.69. The quantitative estimate of drug-likeness (QED) is 0.705. The second kappa shape index (κ2) is 2.88. The Bertz CT molecular complexity index is 355. The summed E-state index contributed by atoms with van der Waals surface area (Å²) in [4.78, 5) is 4.12. The Labute approximate surface area is 78.6 Å². The maximum Gasteiger partial charge on any atom is 0.140 e. The Morgan fingerprint density at radius 3 is 2.92 bits per heavy atom. The highest BCUT2D eigenvalue weighted by Crippen LogP contribution is 2.24. The van der Waals surface area contributed by atoms with E-state index in [1.807, 2.05) is 18.6 Å². The van der Waals surface area contributed by atoms with Gasteiger partial charge in [-0.25, -0.2) is 4.98 Å². The van der Waals surface area contributed by atoms with Crippen molar-refractivity contribution < 1.29 is 0 Å². The van der Waals surface area contributed by atoms with Crippen LogP contribution in [0.15, 0.2) is 17.8 Å². The van der Waals surface area contributed by atoms with Gasteiger partial charge in [0.1, 0.15) is 10.2 Å². The summed E-state index contributed by atoms with van der Waals surface area (Å²) >= 11 is 7.21. The van der Waals surface area contributed by atoms with Crippen LogP contribution in [0.5, 0.6) is 0 Å². The van der Waals surface area contributed by atoms with Gasteiger partial charge in [-0.2, -0.15) is 5.10 Å². The van der Waals surface area contributed by atoms with Crippen LogP contribution in [0, 0.1) is 0 Å². The van der Waals surface area contributed by atoms with E-state index >= 15 is 0 Å². The van der Waals surface area contributed by atoms with Gasteiger partial charge in [-0.1, -0.05) is 11.6 Å². The molecule has 0 saturated heterocycles. The zero-order chi connectivity index (χ0) is 8.55. The molecule has 62 valence electrons. The lowest BCUT2D eigenvalue weighted by atomic mass is 10.4. The molecule has 0 spiro atoms. The number of hydrogen-bond acceptors (Lipinski definition) is 3. The van der Waals surface area contributed by atoms with Gasteiger partial charge in [-0.05, 0) is 0 Å². The highest BCUT2D eigenvalue weighted by Gasteiger charge is 2.04. The van der Waals surface area contributed by atoms with Crippen LogP contribution in [0.25, 0.3) is 10.6 Å². The molecule has 2 rings (SSSR count). The number of aryl methyl sites for hydroxylation is 1. The van der Waals surface area contributed by atoms with E-state index in [0.717, 1.165) is 10.6 Å². The Kier molecular flexibility index (Phi) is 1.86. The second-order valence-electron chi connectivity index (χ2n) is 2.38. The number of thiazole rings is 1. The van der Waals surface area contributed by atoms with Crippen LogP contribution in [0.4, 0.5) is 0 Å². The SMILES string of the molecule is Cn1cc(-c2nc(Cl)cs2)cn1. The molecule has 0 bridgehead atoms. The lowest BCUT2D eigenvalue weighted by molar-refractivity contribution is 0.768. The average Bonchev–Trinajstić information content (AvgIpc) is 2.58. The van der Waals surface area contributed by atoms with Gasteiger partial charge in [0.15, 0.2) is 0 Å². The number of hydrogen-bond donors (Lipinski definition) is 0. The summed E-state index contributed by atoms with van der Waals surface area (Å²) in [5, 5.41) is 7.30. The van der Waals surface area contributed by atoms with Gasteiger partial charge in [0.05, 0.1) is 6.20 Å². The first-order valence-corrected chi connectivity index (χ1v) is 4.61. The molecule has 2 aromatic heterocycles. The van der Waals surface area contributed by atoms with Crippen LogP contribution in [0.2, 0.25) is 5.15 Å². The lowest BCUT2D eigenvalue weighted by Crippen LogP contribution is -1.83. The van der Waals surface area contributed by atoms with Crippen LogP contribution >= 0.6 is 22.9 Å². The first-order chi connectivity index (χ1) is 5.75. The van der Waals surface area contributed by atoms with Crippen LogP contribution in [-0.4, -0.2) is 14.8 Å². The molecule has 2 aromatic rings. The predicted octanol–water partition coefficient (Wildman–Crippen LogP) is 2.20. The maximum absolute atomic E-state index is 5.69. The Morgan fingerprint density at radius 1 is 1.58 bits per heavy atom. The molecule has 3 nitrogen and oxygen atoms in total. The lowest BCUT2D eigenvalue weighted by Gasteiger charge is -1.85. The molecule has 0 aromatic carbocycles. The number of rotatable bonds is 1. The van der Waals surface area contributed by atoms with Crippen molar-refractivity contribution in [1.82, 2.24) is 14.8 Å². The number of halogens is 1. The van der Waals surface area contributed by atoms with Gasteiger partial charge < -0.3 is 0 Å². The van der Waals surface area contributed by atoms with Crippen molar-refractivity contribution >= 4 is 22.9 Å². The molecular weight excluding hydrogens is 194 g/mol. The molecular formula is C7H6ClN3S. The minimum Gasteiger partial charge on any atom is -0.275 e. The smallest absolute Gasteiger partial charge is 0.140 e. The Morgan fingerprint density at radius 2 is 2.42 bits per heavy atom. The van der Waals surface area contributed by atoms with Crippen molar-refractivity contribution in [2.75, 3.05) is 0 Å². The van der Waals surface area contributed by atoms with Crippen molar-refractivity contribution in [3.63, 3.8) is 0 Å². The van der Waals surface area contributed by atoms with Crippen molar-refractivity contribution in [2.24, 2.45) is 7.05 Å². The normalized spacial score (nSPS) is 10.5. The fourth-order valence-corrected chi connectivity index (χ4v) is 1.84. The molecule has 0 unspecified atom stereocenters. The molecule has 12 heavy (non-hydrogen) atoms. The molecule has 0 aliphatic carbocycles. The van der Waals surface area contributed by atoms with E-state index in [1.54, 1.807) is 10.9 Å². The third kappa shape index (κ3) is 1.35. The third-order valence-corrected chi connectivity index (χ3v) is 2.64.